The Kier molecular flexibility index (Phi) is 10.9. The van der Waals surface area contributed by atoms with Crippen molar-refractivity contribution in [3.63, 3.8) is 0 Å². The first kappa shape index (κ1) is 21.7. The highest BCUT2D eigenvalue weighted by molar-refractivity contribution is 7.80. The van der Waals surface area contributed by atoms with Crippen molar-refractivity contribution in [2.75, 3.05) is 6.61 Å². The van der Waals surface area contributed by atoms with Crippen LogP contribution in [0.3, 0.4) is 0 Å². The third-order valence-corrected chi connectivity index (χ3v) is 7.63. The molecular weight excluding hydrogens is 334 g/mol. The number of hydrogen-bond donors (Lipinski definition) is 2. The van der Waals surface area contributed by atoms with E-state index in [9.17, 15) is 0 Å². The summed E-state index contributed by atoms with van der Waals surface area (Å²) in [6.45, 7) is 10.1. The molecular formula is C19H35NO2SSi. The Morgan fingerprint density at radius 3 is 2.50 bits per heavy atom. The molecule has 0 amide bonds. The van der Waals surface area contributed by atoms with Gasteiger partial charge in [0.1, 0.15) is 0 Å². The van der Waals surface area contributed by atoms with Gasteiger partial charge in [-0.1, -0.05) is 50.1 Å². The lowest BCUT2D eigenvalue weighted by Crippen LogP contribution is -2.45. The molecule has 1 aromatic carbocycles. The number of thiol groups is 1. The topological polar surface area (TPSA) is 30.5 Å². The number of benzene rings is 1. The zero-order valence-electron chi connectivity index (χ0n) is 15.8. The quantitative estimate of drug-likeness (QED) is 0.287. The van der Waals surface area contributed by atoms with Crippen LogP contribution in [-0.4, -0.2) is 26.6 Å². The van der Waals surface area contributed by atoms with Crippen LogP contribution >= 0.6 is 12.6 Å². The summed E-state index contributed by atoms with van der Waals surface area (Å²) < 4.78 is 12.4. The molecule has 24 heavy (non-hydrogen) atoms. The molecule has 0 aliphatic heterocycles. The second kappa shape index (κ2) is 12.1. The molecule has 3 unspecified atom stereocenters. The third-order valence-electron chi connectivity index (χ3n) is 4.10. The second-order valence-corrected chi connectivity index (χ2v) is 10.6. The normalized spacial score (nSPS) is 16.5. The van der Waals surface area contributed by atoms with Crippen LogP contribution < -0.4 is 5.32 Å². The largest absolute Gasteiger partial charge is 0.395 e. The first-order valence-corrected chi connectivity index (χ1v) is 12.3. The van der Waals surface area contributed by atoms with E-state index >= 15 is 0 Å². The zero-order chi connectivity index (χ0) is 17.8. The average Bonchev–Trinajstić information content (AvgIpc) is 2.54. The van der Waals surface area contributed by atoms with Crippen molar-refractivity contribution in [1.82, 2.24) is 5.32 Å². The molecule has 0 spiro atoms. The second-order valence-electron chi connectivity index (χ2n) is 6.53. The van der Waals surface area contributed by atoms with Crippen molar-refractivity contribution in [2.24, 2.45) is 0 Å². The van der Waals surface area contributed by atoms with Gasteiger partial charge in [-0.25, -0.2) is 0 Å². The Bertz CT molecular complexity index is 435. The van der Waals surface area contributed by atoms with E-state index in [1.165, 1.54) is 18.4 Å². The highest BCUT2D eigenvalue weighted by Crippen LogP contribution is 2.22. The third kappa shape index (κ3) is 9.23. The number of nitrogens with one attached hydrogen (secondary N) is 1. The summed E-state index contributed by atoms with van der Waals surface area (Å²) in [4.78, 5) is 0. The van der Waals surface area contributed by atoms with E-state index in [1.807, 2.05) is 6.07 Å². The molecule has 0 fully saturated rings. The maximum atomic E-state index is 6.32. The van der Waals surface area contributed by atoms with E-state index < -0.39 is 8.56 Å². The lowest BCUT2D eigenvalue weighted by molar-refractivity contribution is 0.106. The lowest BCUT2D eigenvalue weighted by Gasteiger charge is -2.30. The van der Waals surface area contributed by atoms with Crippen LogP contribution in [0.5, 0.6) is 0 Å². The van der Waals surface area contributed by atoms with Crippen LogP contribution in [-0.2, 0) is 15.4 Å². The predicted molar refractivity (Wildman–Crippen MR) is 109 cm³/mol. The maximum Gasteiger partial charge on any atom is 0.336 e. The van der Waals surface area contributed by atoms with Gasteiger partial charge in [-0.2, -0.15) is 12.6 Å². The molecule has 5 heteroatoms. The molecule has 1 aromatic rings. The fourth-order valence-corrected chi connectivity index (χ4v) is 5.94. The van der Waals surface area contributed by atoms with Crippen molar-refractivity contribution in [2.45, 2.75) is 77.1 Å². The van der Waals surface area contributed by atoms with Crippen LogP contribution in [0, 0.1) is 0 Å². The number of rotatable bonds is 13. The van der Waals surface area contributed by atoms with Gasteiger partial charge in [0.2, 0.25) is 0 Å². The van der Waals surface area contributed by atoms with E-state index in [0.29, 0.717) is 11.9 Å². The van der Waals surface area contributed by atoms with Crippen molar-refractivity contribution >= 4 is 21.2 Å². The van der Waals surface area contributed by atoms with Crippen molar-refractivity contribution in [3.05, 3.63) is 35.9 Å². The monoisotopic (exact) mass is 369 g/mol. The fraction of sp³-hybridized carbons (Fsp3) is 0.684. The minimum atomic E-state index is -2.14. The smallest absolute Gasteiger partial charge is 0.336 e. The molecule has 0 aromatic heterocycles. The summed E-state index contributed by atoms with van der Waals surface area (Å²) in [7, 11) is -2.14. The summed E-state index contributed by atoms with van der Waals surface area (Å²) in [5, 5.41) is 3.95. The van der Waals surface area contributed by atoms with Gasteiger partial charge in [-0.3, -0.25) is 5.32 Å². The Morgan fingerprint density at radius 2 is 1.88 bits per heavy atom. The fourth-order valence-electron chi connectivity index (χ4n) is 2.88. The van der Waals surface area contributed by atoms with Crippen LogP contribution in [0.4, 0.5) is 0 Å². The summed E-state index contributed by atoms with van der Waals surface area (Å²) in [5.41, 5.74) is 1.27. The average molecular weight is 370 g/mol. The Labute approximate surface area is 155 Å². The van der Waals surface area contributed by atoms with Crippen molar-refractivity contribution in [3.8, 4) is 0 Å². The van der Waals surface area contributed by atoms with E-state index in [4.69, 9.17) is 8.85 Å². The molecule has 0 radical (unpaired) electrons. The Morgan fingerprint density at radius 1 is 1.17 bits per heavy atom. The zero-order valence-corrected chi connectivity index (χ0v) is 17.6. The molecule has 3 nitrogen and oxygen atoms in total. The van der Waals surface area contributed by atoms with E-state index in [0.717, 1.165) is 25.4 Å². The molecule has 138 valence electrons. The summed E-state index contributed by atoms with van der Waals surface area (Å²) in [5.74, 6) is 0. The standard InChI is InChI=1S/C19H35NO2SSi/c1-5-11-19(23)14-10-15-24(4,21-6-2)22-17(3)20-16-18-12-8-7-9-13-18/h7-9,12-13,17,19-20,23H,5-6,10-11,14-16H2,1-4H3. The van der Waals surface area contributed by atoms with Gasteiger partial charge in [-0.15, -0.1) is 0 Å². The van der Waals surface area contributed by atoms with Gasteiger partial charge in [0, 0.05) is 18.4 Å². The molecule has 0 aliphatic carbocycles. The van der Waals surface area contributed by atoms with E-state index in [2.05, 4.69) is 69.5 Å². The van der Waals surface area contributed by atoms with Gasteiger partial charge in [0.25, 0.3) is 0 Å². The van der Waals surface area contributed by atoms with Crippen LogP contribution in [0.2, 0.25) is 12.6 Å². The predicted octanol–water partition coefficient (Wildman–Crippen LogP) is 5.13. The molecule has 0 aliphatic rings. The van der Waals surface area contributed by atoms with Gasteiger partial charge < -0.3 is 8.85 Å². The van der Waals surface area contributed by atoms with Crippen molar-refractivity contribution < 1.29 is 8.85 Å². The van der Waals surface area contributed by atoms with Gasteiger partial charge in [-0.05, 0) is 44.8 Å². The van der Waals surface area contributed by atoms with Gasteiger partial charge in [0.05, 0.1) is 6.23 Å². The molecule has 0 heterocycles. The molecule has 0 saturated carbocycles. The summed E-state index contributed by atoms with van der Waals surface area (Å²) in [6.07, 6.45) is 4.65. The highest BCUT2D eigenvalue weighted by atomic mass is 32.1. The van der Waals surface area contributed by atoms with Crippen LogP contribution in [0.1, 0.15) is 52.0 Å². The highest BCUT2D eigenvalue weighted by Gasteiger charge is 2.32. The minimum Gasteiger partial charge on any atom is -0.395 e. The lowest BCUT2D eigenvalue weighted by atomic mass is 10.2. The van der Waals surface area contributed by atoms with E-state index in [1.54, 1.807) is 0 Å². The van der Waals surface area contributed by atoms with Crippen LogP contribution in [0.15, 0.2) is 30.3 Å². The molecule has 1 N–H and O–H groups in total. The number of hydrogen-bond acceptors (Lipinski definition) is 4. The van der Waals surface area contributed by atoms with Gasteiger partial charge >= 0.3 is 8.56 Å². The summed E-state index contributed by atoms with van der Waals surface area (Å²) in [6, 6.07) is 11.4. The Balaban J connectivity index is 2.41. The minimum absolute atomic E-state index is 0.00383. The van der Waals surface area contributed by atoms with Gasteiger partial charge in [0.15, 0.2) is 0 Å². The summed E-state index contributed by atoms with van der Waals surface area (Å²) >= 11 is 4.66. The SMILES string of the molecule is CCCC(S)CCC[Si](C)(OCC)OC(C)NCc1ccccc1. The first-order valence-electron chi connectivity index (χ1n) is 9.26. The van der Waals surface area contributed by atoms with Crippen LogP contribution in [0.25, 0.3) is 0 Å². The molecule has 0 saturated heterocycles. The first-order chi connectivity index (χ1) is 11.5. The van der Waals surface area contributed by atoms with E-state index in [-0.39, 0.29) is 6.23 Å². The van der Waals surface area contributed by atoms with Crippen molar-refractivity contribution in [1.29, 1.82) is 0 Å². The molecule has 1 rings (SSSR count). The maximum absolute atomic E-state index is 6.32. The Hall–Kier alpha value is -0.333. The molecule has 3 atom stereocenters. The molecule has 0 bridgehead atoms.